The van der Waals surface area contributed by atoms with Crippen molar-refractivity contribution >= 4 is 17.4 Å². The summed E-state index contributed by atoms with van der Waals surface area (Å²) in [5.41, 5.74) is -0.913. The highest BCUT2D eigenvalue weighted by molar-refractivity contribution is 6.34. The Kier molecular flexibility index (Phi) is 4.20. The Labute approximate surface area is 103 Å². The van der Waals surface area contributed by atoms with E-state index in [0.717, 1.165) is 18.2 Å². The lowest BCUT2D eigenvalue weighted by Gasteiger charge is -2.12. The summed E-state index contributed by atoms with van der Waals surface area (Å²) in [4.78, 5) is 11.8. The Hall–Kier alpha value is -1.03. The molecule has 0 aliphatic heterocycles. The van der Waals surface area contributed by atoms with Gasteiger partial charge in [-0.1, -0.05) is 25.4 Å². The van der Waals surface area contributed by atoms with Crippen LogP contribution in [0.1, 0.15) is 36.2 Å². The van der Waals surface area contributed by atoms with Crippen molar-refractivity contribution in [3.05, 3.63) is 34.3 Å². The molecule has 17 heavy (non-hydrogen) atoms. The maximum absolute atomic E-state index is 12.5. The van der Waals surface area contributed by atoms with Gasteiger partial charge in [0.05, 0.1) is 10.6 Å². The van der Waals surface area contributed by atoms with E-state index in [1.165, 1.54) is 0 Å². The molecule has 1 nitrogen and oxygen atoms in total. The quantitative estimate of drug-likeness (QED) is 0.730. The Balaban J connectivity index is 3.20. The number of carbonyl (C=O) groups is 1. The van der Waals surface area contributed by atoms with Crippen molar-refractivity contribution in [2.45, 2.75) is 26.4 Å². The standard InChI is InChI=1S/C12H12ClF3O/c1-3-7(2)11(17)9-6-8(12(14,15)16)4-5-10(9)13/h4-7H,3H2,1-2H3. The number of alkyl halides is 3. The number of rotatable bonds is 3. The number of carbonyl (C=O) groups excluding carboxylic acids is 1. The highest BCUT2D eigenvalue weighted by Gasteiger charge is 2.32. The van der Waals surface area contributed by atoms with Gasteiger partial charge in [0.1, 0.15) is 0 Å². The van der Waals surface area contributed by atoms with E-state index in [2.05, 4.69) is 0 Å². The first kappa shape index (κ1) is 14.0. The minimum atomic E-state index is -4.46. The molecule has 0 radical (unpaired) electrons. The molecule has 0 aliphatic carbocycles. The van der Waals surface area contributed by atoms with Crippen LogP contribution in [0.25, 0.3) is 0 Å². The zero-order valence-corrected chi connectivity index (χ0v) is 10.2. The molecule has 0 saturated carbocycles. The molecular weight excluding hydrogens is 253 g/mol. The molecule has 1 rings (SSSR count). The molecular formula is C12H12ClF3O. The number of hydrogen-bond acceptors (Lipinski definition) is 1. The van der Waals surface area contributed by atoms with E-state index in [1.54, 1.807) is 13.8 Å². The molecule has 0 N–H and O–H groups in total. The summed E-state index contributed by atoms with van der Waals surface area (Å²) in [5, 5.41) is 0.0586. The van der Waals surface area contributed by atoms with Gasteiger partial charge >= 0.3 is 6.18 Å². The van der Waals surface area contributed by atoms with Crippen LogP contribution in [-0.4, -0.2) is 5.78 Å². The zero-order valence-electron chi connectivity index (χ0n) is 9.44. The second-order valence-corrected chi connectivity index (χ2v) is 4.27. The minimum absolute atomic E-state index is 0.0586. The molecule has 0 aliphatic rings. The number of hydrogen-bond donors (Lipinski definition) is 0. The van der Waals surface area contributed by atoms with E-state index in [4.69, 9.17) is 11.6 Å². The fourth-order valence-corrected chi connectivity index (χ4v) is 1.55. The van der Waals surface area contributed by atoms with Gasteiger partial charge in [-0.2, -0.15) is 13.2 Å². The number of halogens is 4. The molecule has 94 valence electrons. The van der Waals surface area contributed by atoms with Gasteiger partial charge in [0.25, 0.3) is 0 Å². The van der Waals surface area contributed by atoms with Crippen LogP contribution in [0.3, 0.4) is 0 Å². The van der Waals surface area contributed by atoms with Gasteiger partial charge < -0.3 is 0 Å². The molecule has 0 spiro atoms. The lowest BCUT2D eigenvalue weighted by molar-refractivity contribution is -0.137. The zero-order chi connectivity index (χ0) is 13.2. The second kappa shape index (κ2) is 5.08. The van der Waals surface area contributed by atoms with E-state index >= 15 is 0 Å². The summed E-state index contributed by atoms with van der Waals surface area (Å²) in [6.07, 6.45) is -3.90. The normalized spacial score (nSPS) is 13.5. The summed E-state index contributed by atoms with van der Waals surface area (Å²) in [5.74, 6) is -0.695. The predicted molar refractivity (Wildman–Crippen MR) is 60.2 cm³/mol. The van der Waals surface area contributed by atoms with Crippen LogP contribution in [-0.2, 0) is 6.18 Å². The van der Waals surface area contributed by atoms with Crippen molar-refractivity contribution in [1.29, 1.82) is 0 Å². The minimum Gasteiger partial charge on any atom is -0.294 e. The van der Waals surface area contributed by atoms with Crippen LogP contribution in [0, 0.1) is 5.92 Å². The molecule has 0 amide bonds. The fraction of sp³-hybridized carbons (Fsp3) is 0.417. The van der Waals surface area contributed by atoms with Crippen molar-refractivity contribution in [3.8, 4) is 0 Å². The van der Waals surface area contributed by atoms with E-state index < -0.39 is 11.7 Å². The first-order chi connectivity index (χ1) is 7.77. The molecule has 0 fully saturated rings. The third-order valence-corrected chi connectivity index (χ3v) is 2.95. The Morgan fingerprint density at radius 3 is 2.47 bits per heavy atom. The molecule has 1 atom stereocenters. The summed E-state index contributed by atoms with van der Waals surface area (Å²) in [6, 6.07) is 2.80. The summed E-state index contributed by atoms with van der Waals surface area (Å²) in [7, 11) is 0. The van der Waals surface area contributed by atoms with Gasteiger partial charge in [0.2, 0.25) is 0 Å². The van der Waals surface area contributed by atoms with Crippen LogP contribution in [0.2, 0.25) is 5.02 Å². The van der Waals surface area contributed by atoms with Crippen LogP contribution in [0.15, 0.2) is 18.2 Å². The first-order valence-electron chi connectivity index (χ1n) is 5.18. The van der Waals surface area contributed by atoms with E-state index in [-0.39, 0.29) is 22.3 Å². The molecule has 1 aromatic carbocycles. The van der Waals surface area contributed by atoms with Crippen LogP contribution in [0.5, 0.6) is 0 Å². The van der Waals surface area contributed by atoms with Crippen LogP contribution in [0.4, 0.5) is 13.2 Å². The summed E-state index contributed by atoms with van der Waals surface area (Å²) in [6.45, 7) is 3.46. The highest BCUT2D eigenvalue weighted by atomic mass is 35.5. The third kappa shape index (κ3) is 3.22. The lowest BCUT2D eigenvalue weighted by atomic mass is 9.96. The molecule has 1 unspecified atom stereocenters. The monoisotopic (exact) mass is 264 g/mol. The van der Waals surface area contributed by atoms with Gasteiger partial charge in [-0.05, 0) is 24.6 Å². The largest absolute Gasteiger partial charge is 0.416 e. The van der Waals surface area contributed by atoms with Crippen molar-refractivity contribution in [1.82, 2.24) is 0 Å². The molecule has 0 bridgehead atoms. The third-order valence-electron chi connectivity index (χ3n) is 2.62. The predicted octanol–water partition coefficient (Wildman–Crippen LogP) is 4.59. The molecule has 0 saturated heterocycles. The van der Waals surface area contributed by atoms with Crippen LogP contribution < -0.4 is 0 Å². The van der Waals surface area contributed by atoms with E-state index in [1.807, 2.05) is 0 Å². The number of benzene rings is 1. The first-order valence-corrected chi connectivity index (χ1v) is 5.56. The van der Waals surface area contributed by atoms with E-state index in [0.29, 0.717) is 6.42 Å². The Bertz CT molecular complexity index is 426. The van der Waals surface area contributed by atoms with Crippen molar-refractivity contribution < 1.29 is 18.0 Å². The van der Waals surface area contributed by atoms with Crippen LogP contribution >= 0.6 is 11.6 Å². The molecule has 0 heterocycles. The fourth-order valence-electron chi connectivity index (χ4n) is 1.34. The molecule has 5 heteroatoms. The highest BCUT2D eigenvalue weighted by Crippen LogP contribution is 2.32. The molecule has 1 aromatic rings. The van der Waals surface area contributed by atoms with Crippen molar-refractivity contribution in [3.63, 3.8) is 0 Å². The Morgan fingerprint density at radius 1 is 1.41 bits per heavy atom. The van der Waals surface area contributed by atoms with Gasteiger partial charge in [-0.15, -0.1) is 0 Å². The second-order valence-electron chi connectivity index (χ2n) is 3.87. The SMILES string of the molecule is CCC(C)C(=O)c1cc(C(F)(F)F)ccc1Cl. The maximum atomic E-state index is 12.5. The van der Waals surface area contributed by atoms with Gasteiger partial charge in [0, 0.05) is 11.5 Å². The topological polar surface area (TPSA) is 17.1 Å². The lowest BCUT2D eigenvalue weighted by Crippen LogP contribution is -2.13. The molecule has 0 aromatic heterocycles. The smallest absolute Gasteiger partial charge is 0.294 e. The van der Waals surface area contributed by atoms with Crippen molar-refractivity contribution in [2.75, 3.05) is 0 Å². The van der Waals surface area contributed by atoms with Gasteiger partial charge in [-0.25, -0.2) is 0 Å². The van der Waals surface area contributed by atoms with Gasteiger partial charge in [-0.3, -0.25) is 4.79 Å². The summed E-state index contributed by atoms with van der Waals surface area (Å²) >= 11 is 5.75. The number of Topliss-reactive ketones (excluding diaryl/α,β-unsaturated/α-hetero) is 1. The van der Waals surface area contributed by atoms with E-state index in [9.17, 15) is 18.0 Å². The average Bonchev–Trinajstić information content (AvgIpc) is 2.26. The summed E-state index contributed by atoms with van der Waals surface area (Å²) < 4.78 is 37.5. The van der Waals surface area contributed by atoms with Crippen molar-refractivity contribution in [2.24, 2.45) is 5.92 Å². The van der Waals surface area contributed by atoms with Gasteiger partial charge in [0.15, 0.2) is 5.78 Å². The average molecular weight is 265 g/mol. The maximum Gasteiger partial charge on any atom is 0.416 e. The Morgan fingerprint density at radius 2 is 2.00 bits per heavy atom. The number of ketones is 1.